The molecule has 1 rings (SSSR count). The average Bonchev–Trinajstić information content (AvgIpc) is 2.59. The van der Waals surface area contributed by atoms with Crippen LogP contribution in [0.15, 0.2) is 24.3 Å². The number of primary amides is 1. The van der Waals surface area contributed by atoms with E-state index in [1.165, 1.54) is 0 Å². The molecule has 0 saturated heterocycles. The molecule has 1 unspecified atom stereocenters. The molecule has 0 bridgehead atoms. The van der Waals surface area contributed by atoms with Gasteiger partial charge in [-0.25, -0.2) is 8.42 Å². The lowest BCUT2D eigenvalue weighted by molar-refractivity contribution is -0.137. The minimum Gasteiger partial charge on any atom is -0.368 e. The molecule has 4 N–H and O–H groups in total. The predicted octanol–water partition coefficient (Wildman–Crippen LogP) is 2.88. The number of rotatable bonds is 10. The molecule has 0 spiro atoms. The van der Waals surface area contributed by atoms with E-state index < -0.39 is 49.8 Å². The van der Waals surface area contributed by atoms with Gasteiger partial charge < -0.3 is 11.5 Å². The van der Waals surface area contributed by atoms with Gasteiger partial charge in [0.05, 0.1) is 16.6 Å². The van der Waals surface area contributed by atoms with Crippen molar-refractivity contribution in [1.29, 1.82) is 0 Å². The predicted molar refractivity (Wildman–Crippen MR) is 107 cm³/mol. The van der Waals surface area contributed by atoms with Crippen LogP contribution < -0.4 is 11.5 Å². The molecule has 1 aromatic rings. The summed E-state index contributed by atoms with van der Waals surface area (Å²) in [4.78, 5) is 24.6. The quantitative estimate of drug-likeness (QED) is 0.412. The van der Waals surface area contributed by atoms with E-state index in [9.17, 15) is 31.2 Å². The molecule has 0 radical (unpaired) electrons. The normalized spacial score (nSPS) is 14.2. The molecule has 1 atom stereocenters. The summed E-state index contributed by atoms with van der Waals surface area (Å²) in [6.45, 7) is 3.60. The van der Waals surface area contributed by atoms with Crippen molar-refractivity contribution in [3.05, 3.63) is 35.4 Å². The smallest absolute Gasteiger partial charge is 0.368 e. The van der Waals surface area contributed by atoms with E-state index in [2.05, 4.69) is 0 Å². The first-order valence-electron chi connectivity index (χ1n) is 8.82. The van der Waals surface area contributed by atoms with Crippen LogP contribution in [0.25, 0.3) is 0 Å². The van der Waals surface area contributed by atoms with Crippen molar-refractivity contribution in [2.45, 2.75) is 56.5 Å². The fourth-order valence-corrected chi connectivity index (χ4v) is 5.23. The summed E-state index contributed by atoms with van der Waals surface area (Å²) in [6.07, 6.45) is -2.79. The maximum absolute atomic E-state index is 12.8. The van der Waals surface area contributed by atoms with Crippen LogP contribution >= 0.6 is 12.4 Å². The Morgan fingerprint density at radius 3 is 1.83 bits per heavy atom. The SMILES string of the molecule is CCCC(CCC)S(=O)(=O)CC(N)(C(N)=O)C(=O)c1ccc(C(F)(F)F)cc1.Cl. The molecule has 0 aliphatic rings. The number of hydrogen-bond acceptors (Lipinski definition) is 5. The number of alkyl halides is 3. The molecular weight excluding hydrogens is 433 g/mol. The maximum Gasteiger partial charge on any atom is 0.416 e. The number of hydrogen-bond donors (Lipinski definition) is 2. The topological polar surface area (TPSA) is 120 Å². The zero-order valence-corrected chi connectivity index (χ0v) is 17.8. The van der Waals surface area contributed by atoms with Gasteiger partial charge in [0.15, 0.2) is 21.2 Å². The summed E-state index contributed by atoms with van der Waals surface area (Å²) in [5, 5.41) is -0.787. The van der Waals surface area contributed by atoms with Crippen LogP contribution in [0.1, 0.15) is 55.5 Å². The number of ketones is 1. The van der Waals surface area contributed by atoms with Crippen molar-refractivity contribution in [1.82, 2.24) is 0 Å². The molecule has 6 nitrogen and oxygen atoms in total. The second-order valence-corrected chi connectivity index (χ2v) is 9.03. The Hall–Kier alpha value is -1.65. The highest BCUT2D eigenvalue weighted by atomic mass is 35.5. The van der Waals surface area contributed by atoms with Crippen LogP contribution in [-0.4, -0.2) is 36.6 Å². The molecule has 1 aromatic carbocycles. The number of halogens is 4. The third kappa shape index (κ3) is 6.68. The first-order valence-corrected chi connectivity index (χ1v) is 10.5. The van der Waals surface area contributed by atoms with E-state index >= 15 is 0 Å². The van der Waals surface area contributed by atoms with Gasteiger partial charge >= 0.3 is 6.18 Å². The van der Waals surface area contributed by atoms with E-state index in [0.29, 0.717) is 37.8 Å². The molecule has 0 aromatic heterocycles. The van der Waals surface area contributed by atoms with E-state index in [1.807, 2.05) is 0 Å². The van der Waals surface area contributed by atoms with Crippen LogP contribution in [0, 0.1) is 0 Å². The monoisotopic (exact) mass is 458 g/mol. The molecule has 0 heterocycles. The lowest BCUT2D eigenvalue weighted by Crippen LogP contribution is -2.63. The maximum atomic E-state index is 12.8. The van der Waals surface area contributed by atoms with Crippen molar-refractivity contribution in [2.75, 3.05) is 5.75 Å². The summed E-state index contributed by atoms with van der Waals surface area (Å²) in [7, 11) is -3.96. The molecule has 1 amide bonds. The number of Topliss-reactive ketones (excluding diaryl/α,β-unsaturated/α-hetero) is 1. The Morgan fingerprint density at radius 1 is 1.03 bits per heavy atom. The van der Waals surface area contributed by atoms with Crippen LogP contribution in [0.5, 0.6) is 0 Å². The minimum absolute atomic E-state index is 0. The van der Waals surface area contributed by atoms with Gasteiger partial charge in [-0.15, -0.1) is 12.4 Å². The Balaban J connectivity index is 0.00000784. The highest BCUT2D eigenvalue weighted by Gasteiger charge is 2.46. The number of benzene rings is 1. The summed E-state index contributed by atoms with van der Waals surface area (Å²) in [5.74, 6) is -3.49. The average molecular weight is 459 g/mol. The highest BCUT2D eigenvalue weighted by molar-refractivity contribution is 7.92. The Bertz CT molecular complexity index is 807. The summed E-state index contributed by atoms with van der Waals surface area (Å²) >= 11 is 0. The summed E-state index contributed by atoms with van der Waals surface area (Å²) in [5.41, 5.74) is 7.17. The van der Waals surface area contributed by atoms with Gasteiger partial charge in [0.25, 0.3) is 0 Å². The molecule has 166 valence electrons. The van der Waals surface area contributed by atoms with Crippen LogP contribution in [0.2, 0.25) is 0 Å². The molecule has 11 heteroatoms. The third-order valence-corrected chi connectivity index (χ3v) is 6.82. The molecular formula is C18H26ClF3N2O4S. The van der Waals surface area contributed by atoms with Gasteiger partial charge in [-0.3, -0.25) is 9.59 Å². The van der Waals surface area contributed by atoms with Gasteiger partial charge in [0.1, 0.15) is 0 Å². The van der Waals surface area contributed by atoms with Gasteiger partial charge in [-0.2, -0.15) is 13.2 Å². The Morgan fingerprint density at radius 2 is 1.48 bits per heavy atom. The van der Waals surface area contributed by atoms with Crippen LogP contribution in [-0.2, 0) is 20.8 Å². The van der Waals surface area contributed by atoms with Crippen LogP contribution in [0.3, 0.4) is 0 Å². The molecule has 0 aliphatic carbocycles. The van der Waals surface area contributed by atoms with Crippen LogP contribution in [0.4, 0.5) is 13.2 Å². The molecule has 29 heavy (non-hydrogen) atoms. The van der Waals surface area contributed by atoms with E-state index in [-0.39, 0.29) is 18.0 Å². The minimum atomic E-state index is -4.61. The Labute approximate surface area is 174 Å². The van der Waals surface area contributed by atoms with Gasteiger partial charge in [-0.05, 0) is 25.0 Å². The number of nitrogens with two attached hydrogens (primary N) is 2. The van der Waals surface area contributed by atoms with Gasteiger partial charge in [-0.1, -0.05) is 38.8 Å². The van der Waals surface area contributed by atoms with Gasteiger partial charge in [0.2, 0.25) is 5.91 Å². The second-order valence-electron chi connectivity index (χ2n) is 6.75. The van der Waals surface area contributed by atoms with E-state index in [1.54, 1.807) is 13.8 Å². The van der Waals surface area contributed by atoms with E-state index in [4.69, 9.17) is 11.5 Å². The second kappa shape index (κ2) is 10.4. The number of sulfone groups is 1. The lowest BCUT2D eigenvalue weighted by Gasteiger charge is -2.27. The largest absolute Gasteiger partial charge is 0.416 e. The standard InChI is InChI=1S/C18H25F3N2O4S.ClH/c1-3-5-14(6-4-2)28(26,27)11-17(23,16(22)25)15(24)12-7-9-13(10-8-12)18(19,20)21;/h7-10,14H,3-6,11,23H2,1-2H3,(H2,22,25);1H. The fraction of sp³-hybridized carbons (Fsp3) is 0.556. The van der Waals surface area contributed by atoms with Crippen molar-refractivity contribution in [2.24, 2.45) is 11.5 Å². The number of carbonyl (C=O) groups excluding carboxylic acids is 2. The zero-order chi connectivity index (χ0) is 21.8. The number of amides is 1. The van der Waals surface area contributed by atoms with Crippen molar-refractivity contribution in [3.63, 3.8) is 0 Å². The molecule has 0 fully saturated rings. The summed E-state index contributed by atoms with van der Waals surface area (Å²) < 4.78 is 63.6. The first-order chi connectivity index (χ1) is 12.8. The van der Waals surface area contributed by atoms with Crippen molar-refractivity contribution >= 4 is 33.9 Å². The third-order valence-electron chi connectivity index (χ3n) is 4.48. The zero-order valence-electron chi connectivity index (χ0n) is 16.2. The fourth-order valence-electron chi connectivity index (χ4n) is 2.90. The Kier molecular flexibility index (Phi) is 9.81. The molecule has 0 aliphatic heterocycles. The molecule has 0 saturated carbocycles. The lowest BCUT2D eigenvalue weighted by atomic mass is 9.91. The highest BCUT2D eigenvalue weighted by Crippen LogP contribution is 2.30. The summed E-state index contributed by atoms with van der Waals surface area (Å²) in [6, 6.07) is 3.00. The van der Waals surface area contributed by atoms with Crippen molar-refractivity contribution < 1.29 is 31.2 Å². The van der Waals surface area contributed by atoms with Crippen molar-refractivity contribution in [3.8, 4) is 0 Å². The van der Waals surface area contributed by atoms with Gasteiger partial charge in [0, 0.05) is 5.56 Å². The van der Waals surface area contributed by atoms with E-state index in [0.717, 1.165) is 12.1 Å². The number of carbonyl (C=O) groups is 2. The first kappa shape index (κ1) is 27.4.